The molecule has 0 aliphatic heterocycles. The van der Waals surface area contributed by atoms with E-state index in [1.165, 1.54) is 22.7 Å². The molecule has 2 aromatic heterocycles. The van der Waals surface area contributed by atoms with E-state index in [0.717, 1.165) is 0 Å². The summed E-state index contributed by atoms with van der Waals surface area (Å²) >= 11 is 0. The number of ether oxygens (including phenoxy) is 1. The van der Waals surface area contributed by atoms with E-state index in [4.69, 9.17) is 4.74 Å². The van der Waals surface area contributed by atoms with Gasteiger partial charge in [-0.1, -0.05) is 42.5 Å². The van der Waals surface area contributed by atoms with Crippen molar-refractivity contribution in [1.29, 1.82) is 0 Å². The molecule has 0 N–H and O–H groups in total. The largest absolute Gasteiger partial charge is 0.462 e. The van der Waals surface area contributed by atoms with Gasteiger partial charge in [0.15, 0.2) is 0 Å². The average molecular weight is 400 g/mol. The summed E-state index contributed by atoms with van der Waals surface area (Å²) in [6.45, 7) is 1.89. The first-order chi connectivity index (χ1) is 14.6. The zero-order valence-corrected chi connectivity index (χ0v) is 16.1. The summed E-state index contributed by atoms with van der Waals surface area (Å²) in [7, 11) is 0. The Morgan fingerprint density at radius 2 is 1.60 bits per heavy atom. The number of nitrogens with zero attached hydrogens (tertiary/aromatic N) is 2. The number of carbonyl (C=O) groups is 1. The van der Waals surface area contributed by atoms with Crippen molar-refractivity contribution in [2.75, 3.05) is 6.61 Å². The molecule has 0 aliphatic rings. The summed E-state index contributed by atoms with van der Waals surface area (Å²) in [5.74, 6) is -1.07. The number of benzene rings is 3. The minimum absolute atomic E-state index is 0.175. The van der Waals surface area contributed by atoms with Gasteiger partial charge in [0, 0.05) is 10.9 Å². The van der Waals surface area contributed by atoms with E-state index in [2.05, 4.69) is 0 Å². The monoisotopic (exact) mass is 400 g/mol. The molecule has 0 spiro atoms. The van der Waals surface area contributed by atoms with E-state index in [1.54, 1.807) is 23.6 Å². The second-order valence-corrected chi connectivity index (χ2v) is 6.92. The smallest absolute Gasteiger partial charge is 0.341 e. The van der Waals surface area contributed by atoms with Crippen LogP contribution in [0.5, 0.6) is 0 Å². The Bertz CT molecular complexity index is 1500. The number of aromatic nitrogens is 2. The third kappa shape index (κ3) is 2.54. The summed E-state index contributed by atoms with van der Waals surface area (Å²) in [6.07, 6.45) is 0. The van der Waals surface area contributed by atoms with Crippen LogP contribution in [0.15, 0.2) is 77.6 Å². The highest BCUT2D eigenvalue weighted by molar-refractivity contribution is 6.09. The number of halogens is 1. The standard InChI is InChI=1S/C24H17FN2O3/c1-2-30-24(29)21-18-14-16(25)12-13-20(18)27-23(28)17-10-6-7-11-19(17)26(27)22(21)15-8-4-3-5-9-15/h3-14H,2H2,1H3. The quantitative estimate of drug-likeness (QED) is 0.413. The molecular formula is C24H17FN2O3. The van der Waals surface area contributed by atoms with Gasteiger partial charge in [-0.2, -0.15) is 0 Å². The molecule has 5 rings (SSSR count). The molecule has 0 saturated carbocycles. The van der Waals surface area contributed by atoms with Crippen LogP contribution in [-0.2, 0) is 4.74 Å². The molecule has 0 atom stereocenters. The fourth-order valence-electron chi connectivity index (χ4n) is 3.99. The van der Waals surface area contributed by atoms with Crippen LogP contribution in [0.4, 0.5) is 4.39 Å². The number of fused-ring (bicyclic) bond motifs is 5. The molecule has 0 aliphatic carbocycles. The zero-order chi connectivity index (χ0) is 20.8. The van der Waals surface area contributed by atoms with Crippen LogP contribution in [-0.4, -0.2) is 21.6 Å². The number of hydrogen-bond donors (Lipinski definition) is 0. The van der Waals surface area contributed by atoms with E-state index in [-0.39, 0.29) is 17.7 Å². The van der Waals surface area contributed by atoms with Crippen molar-refractivity contribution >= 4 is 27.8 Å². The predicted octanol–water partition coefficient (Wildman–Crippen LogP) is 4.69. The van der Waals surface area contributed by atoms with Gasteiger partial charge < -0.3 is 4.74 Å². The molecule has 0 unspecified atom stereocenters. The zero-order valence-electron chi connectivity index (χ0n) is 16.1. The maximum Gasteiger partial charge on any atom is 0.341 e. The first kappa shape index (κ1) is 18.1. The average Bonchev–Trinajstić information content (AvgIpc) is 3.06. The van der Waals surface area contributed by atoms with Crippen LogP contribution in [0.2, 0.25) is 0 Å². The van der Waals surface area contributed by atoms with Gasteiger partial charge in [0.1, 0.15) is 5.82 Å². The van der Waals surface area contributed by atoms with Gasteiger partial charge in [-0.05, 0) is 37.3 Å². The van der Waals surface area contributed by atoms with Crippen molar-refractivity contribution in [2.24, 2.45) is 0 Å². The molecule has 3 aromatic carbocycles. The third-order valence-corrected chi connectivity index (χ3v) is 5.19. The second kappa shape index (κ2) is 6.84. The Balaban J connectivity index is 2.14. The Labute approximate surface area is 170 Å². The molecule has 6 heteroatoms. The summed E-state index contributed by atoms with van der Waals surface area (Å²) in [5.41, 5.74) is 2.25. The molecule has 0 amide bonds. The van der Waals surface area contributed by atoms with Crippen LogP contribution in [0.3, 0.4) is 0 Å². The summed E-state index contributed by atoms with van der Waals surface area (Å²) in [5, 5.41) is 0.830. The molecule has 5 nitrogen and oxygen atoms in total. The maximum atomic E-state index is 14.3. The highest BCUT2D eigenvalue weighted by Crippen LogP contribution is 2.32. The molecule has 30 heavy (non-hydrogen) atoms. The fourth-order valence-corrected chi connectivity index (χ4v) is 3.99. The first-order valence-corrected chi connectivity index (χ1v) is 9.62. The van der Waals surface area contributed by atoms with E-state index in [0.29, 0.717) is 33.1 Å². The number of para-hydroxylation sites is 1. The lowest BCUT2D eigenvalue weighted by Crippen LogP contribution is -2.19. The highest BCUT2D eigenvalue weighted by atomic mass is 19.1. The molecule has 5 aromatic rings. The Hall–Kier alpha value is -3.93. The molecule has 0 bridgehead atoms. The van der Waals surface area contributed by atoms with Crippen molar-refractivity contribution in [3.63, 3.8) is 0 Å². The number of carbonyl (C=O) groups excluding carboxylic acids is 1. The lowest BCUT2D eigenvalue weighted by molar-refractivity contribution is 0.0529. The van der Waals surface area contributed by atoms with Gasteiger partial charge in [0.2, 0.25) is 0 Å². The van der Waals surface area contributed by atoms with Crippen molar-refractivity contribution in [2.45, 2.75) is 6.92 Å². The van der Waals surface area contributed by atoms with Crippen LogP contribution in [0.25, 0.3) is 33.1 Å². The summed E-state index contributed by atoms with van der Waals surface area (Å²) in [4.78, 5) is 26.4. The van der Waals surface area contributed by atoms with Crippen molar-refractivity contribution in [3.05, 3.63) is 94.5 Å². The number of rotatable bonds is 3. The lowest BCUT2D eigenvalue weighted by atomic mass is 10.0. The fraction of sp³-hybridized carbons (Fsp3) is 0.0833. The van der Waals surface area contributed by atoms with Gasteiger partial charge in [0.05, 0.1) is 34.3 Å². The topological polar surface area (TPSA) is 52.2 Å². The molecule has 0 saturated heterocycles. The Morgan fingerprint density at radius 3 is 2.37 bits per heavy atom. The predicted molar refractivity (Wildman–Crippen MR) is 113 cm³/mol. The summed E-state index contributed by atoms with van der Waals surface area (Å²) < 4.78 is 22.8. The highest BCUT2D eigenvalue weighted by Gasteiger charge is 2.25. The van der Waals surface area contributed by atoms with Crippen molar-refractivity contribution in [1.82, 2.24) is 9.03 Å². The van der Waals surface area contributed by atoms with Gasteiger partial charge in [-0.15, -0.1) is 0 Å². The van der Waals surface area contributed by atoms with Gasteiger partial charge in [0.25, 0.3) is 5.56 Å². The maximum absolute atomic E-state index is 14.3. The van der Waals surface area contributed by atoms with E-state index < -0.39 is 11.8 Å². The first-order valence-electron chi connectivity index (χ1n) is 9.62. The minimum atomic E-state index is -0.570. The third-order valence-electron chi connectivity index (χ3n) is 5.19. The van der Waals surface area contributed by atoms with Crippen molar-refractivity contribution in [3.8, 4) is 11.3 Å². The normalized spacial score (nSPS) is 11.4. The minimum Gasteiger partial charge on any atom is -0.462 e. The molecule has 0 fully saturated rings. The Morgan fingerprint density at radius 1 is 0.900 bits per heavy atom. The van der Waals surface area contributed by atoms with Crippen LogP contribution in [0.1, 0.15) is 17.3 Å². The van der Waals surface area contributed by atoms with Gasteiger partial charge >= 0.3 is 5.97 Å². The molecular weight excluding hydrogens is 383 g/mol. The van der Waals surface area contributed by atoms with E-state index in [1.807, 2.05) is 42.5 Å². The van der Waals surface area contributed by atoms with E-state index >= 15 is 0 Å². The van der Waals surface area contributed by atoms with E-state index in [9.17, 15) is 14.0 Å². The van der Waals surface area contributed by atoms with Gasteiger partial charge in [-0.3, -0.25) is 4.79 Å². The SMILES string of the molecule is CCOC(=O)c1c(-c2ccccc2)n2c3ccccc3c(=O)n2c2ccc(F)cc12. The van der Waals surface area contributed by atoms with Crippen LogP contribution < -0.4 is 5.56 Å². The van der Waals surface area contributed by atoms with Crippen LogP contribution >= 0.6 is 0 Å². The molecule has 148 valence electrons. The molecule has 2 heterocycles. The van der Waals surface area contributed by atoms with Crippen molar-refractivity contribution < 1.29 is 13.9 Å². The van der Waals surface area contributed by atoms with Gasteiger partial charge in [-0.25, -0.2) is 18.2 Å². The number of esters is 1. The second-order valence-electron chi connectivity index (χ2n) is 6.92. The van der Waals surface area contributed by atoms with Crippen LogP contribution in [0, 0.1) is 5.82 Å². The molecule has 0 radical (unpaired) electrons. The summed E-state index contributed by atoms with van der Waals surface area (Å²) in [6, 6.07) is 20.5. The Kier molecular flexibility index (Phi) is 4.13. The number of hydrogen-bond acceptors (Lipinski definition) is 3. The lowest BCUT2D eigenvalue weighted by Gasteiger charge is -2.17.